The van der Waals surface area contributed by atoms with Crippen LogP contribution in [0.5, 0.6) is 0 Å². The Morgan fingerprint density at radius 1 is 1.42 bits per heavy atom. The SMILES string of the molecule is Cc1ccsc1C1SCC(=O)N1CC1CCNCC1. The number of thiophene rings is 1. The van der Waals surface area contributed by atoms with E-state index in [2.05, 4.69) is 28.6 Å². The van der Waals surface area contributed by atoms with E-state index in [1.54, 1.807) is 23.1 Å². The quantitative estimate of drug-likeness (QED) is 0.930. The van der Waals surface area contributed by atoms with Crippen LogP contribution in [0.4, 0.5) is 0 Å². The monoisotopic (exact) mass is 296 g/mol. The highest BCUT2D eigenvalue weighted by molar-refractivity contribution is 8.00. The lowest BCUT2D eigenvalue weighted by molar-refractivity contribution is -0.128. The van der Waals surface area contributed by atoms with Gasteiger partial charge in [0.25, 0.3) is 0 Å². The molecule has 2 aliphatic rings. The largest absolute Gasteiger partial charge is 0.325 e. The molecule has 1 N–H and O–H groups in total. The highest BCUT2D eigenvalue weighted by atomic mass is 32.2. The van der Waals surface area contributed by atoms with E-state index >= 15 is 0 Å². The predicted molar refractivity (Wildman–Crippen MR) is 81.6 cm³/mol. The number of nitrogens with zero attached hydrogens (tertiary/aromatic N) is 1. The maximum absolute atomic E-state index is 12.2. The Morgan fingerprint density at radius 3 is 2.89 bits per heavy atom. The van der Waals surface area contributed by atoms with Crippen molar-refractivity contribution in [3.63, 3.8) is 0 Å². The lowest BCUT2D eigenvalue weighted by atomic mass is 9.97. The van der Waals surface area contributed by atoms with Crippen LogP contribution in [0.3, 0.4) is 0 Å². The molecule has 3 heterocycles. The Morgan fingerprint density at radius 2 is 2.21 bits per heavy atom. The lowest BCUT2D eigenvalue weighted by Gasteiger charge is -2.30. The topological polar surface area (TPSA) is 32.3 Å². The molecular formula is C14H20N2OS2. The molecule has 0 radical (unpaired) electrons. The number of hydrogen-bond acceptors (Lipinski definition) is 4. The van der Waals surface area contributed by atoms with E-state index in [9.17, 15) is 4.79 Å². The van der Waals surface area contributed by atoms with Gasteiger partial charge in [-0.15, -0.1) is 23.1 Å². The van der Waals surface area contributed by atoms with Crippen molar-refractivity contribution in [3.05, 3.63) is 21.9 Å². The first-order valence-corrected chi connectivity index (χ1v) is 8.84. The lowest BCUT2D eigenvalue weighted by Crippen LogP contribution is -2.38. The van der Waals surface area contributed by atoms with Crippen LogP contribution in [0.1, 0.15) is 28.7 Å². The van der Waals surface area contributed by atoms with Crippen LogP contribution in [0.25, 0.3) is 0 Å². The molecule has 19 heavy (non-hydrogen) atoms. The van der Waals surface area contributed by atoms with Crippen molar-refractivity contribution in [2.75, 3.05) is 25.4 Å². The molecule has 1 aromatic rings. The molecule has 0 aliphatic carbocycles. The third-order valence-electron chi connectivity index (χ3n) is 4.01. The molecule has 3 rings (SSSR count). The molecule has 2 saturated heterocycles. The summed E-state index contributed by atoms with van der Waals surface area (Å²) < 4.78 is 0. The second-order valence-electron chi connectivity index (χ2n) is 5.37. The van der Waals surface area contributed by atoms with Crippen molar-refractivity contribution in [1.82, 2.24) is 10.2 Å². The van der Waals surface area contributed by atoms with Gasteiger partial charge in [0, 0.05) is 11.4 Å². The Labute approximate surface area is 122 Å². The predicted octanol–water partition coefficient (Wildman–Crippen LogP) is 2.63. The van der Waals surface area contributed by atoms with Gasteiger partial charge in [0.2, 0.25) is 5.91 Å². The Hall–Kier alpha value is -0.520. The molecule has 1 amide bonds. The second-order valence-corrected chi connectivity index (χ2v) is 7.39. The fourth-order valence-electron chi connectivity index (χ4n) is 2.85. The van der Waals surface area contributed by atoms with E-state index in [0.29, 0.717) is 17.6 Å². The van der Waals surface area contributed by atoms with Gasteiger partial charge in [0.05, 0.1) is 5.75 Å². The van der Waals surface area contributed by atoms with Crippen LogP contribution in [-0.4, -0.2) is 36.2 Å². The molecule has 0 saturated carbocycles. The minimum Gasteiger partial charge on any atom is -0.325 e. The summed E-state index contributed by atoms with van der Waals surface area (Å²) in [6, 6.07) is 2.16. The molecular weight excluding hydrogens is 276 g/mol. The number of thioether (sulfide) groups is 1. The fourth-order valence-corrected chi connectivity index (χ4v) is 5.32. The summed E-state index contributed by atoms with van der Waals surface area (Å²) in [4.78, 5) is 15.6. The van der Waals surface area contributed by atoms with Gasteiger partial charge < -0.3 is 10.2 Å². The summed E-state index contributed by atoms with van der Waals surface area (Å²) in [5.74, 6) is 1.64. The zero-order valence-corrected chi connectivity index (χ0v) is 12.9. The maximum Gasteiger partial charge on any atom is 0.233 e. The first kappa shape index (κ1) is 13.5. The summed E-state index contributed by atoms with van der Waals surface area (Å²) in [6.45, 7) is 5.29. The molecule has 1 unspecified atom stereocenters. The average molecular weight is 296 g/mol. The highest BCUT2D eigenvalue weighted by Gasteiger charge is 2.35. The van der Waals surface area contributed by atoms with Crippen LogP contribution in [0, 0.1) is 12.8 Å². The van der Waals surface area contributed by atoms with Crippen molar-refractivity contribution >= 4 is 29.0 Å². The zero-order valence-electron chi connectivity index (χ0n) is 11.2. The molecule has 5 heteroatoms. The molecule has 104 valence electrons. The van der Waals surface area contributed by atoms with E-state index in [1.807, 2.05) is 0 Å². The summed E-state index contributed by atoms with van der Waals surface area (Å²) in [7, 11) is 0. The van der Waals surface area contributed by atoms with E-state index < -0.39 is 0 Å². The minimum absolute atomic E-state index is 0.266. The van der Waals surface area contributed by atoms with Crippen molar-refractivity contribution in [2.45, 2.75) is 25.1 Å². The van der Waals surface area contributed by atoms with Crippen LogP contribution in [0.15, 0.2) is 11.4 Å². The summed E-state index contributed by atoms with van der Waals surface area (Å²) in [5, 5.41) is 5.79. The van der Waals surface area contributed by atoms with Crippen LogP contribution in [0.2, 0.25) is 0 Å². The molecule has 2 fully saturated rings. The minimum atomic E-state index is 0.266. The second kappa shape index (κ2) is 5.85. The summed E-state index contributed by atoms with van der Waals surface area (Å²) >= 11 is 3.58. The van der Waals surface area contributed by atoms with Crippen molar-refractivity contribution in [2.24, 2.45) is 5.92 Å². The van der Waals surface area contributed by atoms with Gasteiger partial charge >= 0.3 is 0 Å². The molecule has 0 spiro atoms. The maximum atomic E-state index is 12.2. The van der Waals surface area contributed by atoms with Gasteiger partial charge in [-0.3, -0.25) is 4.79 Å². The Balaban J connectivity index is 1.73. The summed E-state index contributed by atoms with van der Waals surface area (Å²) in [5.41, 5.74) is 1.33. The van der Waals surface area contributed by atoms with Crippen LogP contribution >= 0.6 is 23.1 Å². The zero-order chi connectivity index (χ0) is 13.2. The van der Waals surface area contributed by atoms with Crippen molar-refractivity contribution in [3.8, 4) is 0 Å². The Bertz CT molecular complexity index is 454. The number of hydrogen-bond donors (Lipinski definition) is 1. The molecule has 1 aromatic heterocycles. The first-order valence-electron chi connectivity index (χ1n) is 6.91. The standard InChI is InChI=1S/C14H20N2OS2/c1-10-4-7-18-13(10)14-16(12(17)9-19-14)8-11-2-5-15-6-3-11/h4,7,11,14-15H,2-3,5-6,8-9H2,1H3. The van der Waals surface area contributed by atoms with E-state index in [0.717, 1.165) is 19.6 Å². The third kappa shape index (κ3) is 2.83. The molecule has 0 aromatic carbocycles. The van der Waals surface area contributed by atoms with Gasteiger partial charge in [0.15, 0.2) is 0 Å². The molecule has 3 nitrogen and oxygen atoms in total. The van der Waals surface area contributed by atoms with Crippen molar-refractivity contribution in [1.29, 1.82) is 0 Å². The number of aryl methyl sites for hydroxylation is 1. The van der Waals surface area contributed by atoms with Crippen LogP contribution < -0.4 is 5.32 Å². The Kier molecular flexibility index (Phi) is 4.15. The molecule has 0 bridgehead atoms. The van der Waals surface area contributed by atoms with Gasteiger partial charge in [-0.05, 0) is 55.8 Å². The fraction of sp³-hybridized carbons (Fsp3) is 0.643. The highest BCUT2D eigenvalue weighted by Crippen LogP contribution is 2.42. The van der Waals surface area contributed by atoms with Crippen molar-refractivity contribution < 1.29 is 4.79 Å². The number of carbonyl (C=O) groups excluding carboxylic acids is 1. The first-order chi connectivity index (χ1) is 9.25. The number of amides is 1. The number of nitrogens with one attached hydrogen (secondary N) is 1. The number of piperidine rings is 1. The summed E-state index contributed by atoms with van der Waals surface area (Å²) in [6.07, 6.45) is 2.40. The van der Waals surface area contributed by atoms with Crippen LogP contribution in [-0.2, 0) is 4.79 Å². The number of rotatable bonds is 3. The van der Waals surface area contributed by atoms with E-state index in [1.165, 1.54) is 23.3 Å². The van der Waals surface area contributed by atoms with Gasteiger partial charge in [-0.2, -0.15) is 0 Å². The van der Waals surface area contributed by atoms with Gasteiger partial charge in [-0.25, -0.2) is 0 Å². The molecule has 1 atom stereocenters. The van der Waals surface area contributed by atoms with Gasteiger partial charge in [-0.1, -0.05) is 0 Å². The van der Waals surface area contributed by atoms with E-state index in [-0.39, 0.29) is 5.37 Å². The van der Waals surface area contributed by atoms with E-state index in [4.69, 9.17) is 0 Å². The molecule has 2 aliphatic heterocycles. The third-order valence-corrected chi connectivity index (χ3v) is 6.45. The average Bonchev–Trinajstić information content (AvgIpc) is 2.99. The van der Waals surface area contributed by atoms with Gasteiger partial charge in [0.1, 0.15) is 5.37 Å². The smallest absolute Gasteiger partial charge is 0.233 e. The number of carbonyl (C=O) groups is 1. The normalized spacial score (nSPS) is 25.2.